The summed E-state index contributed by atoms with van der Waals surface area (Å²) in [6, 6.07) is 3.50. The van der Waals surface area contributed by atoms with Crippen molar-refractivity contribution < 1.29 is 19.1 Å². The van der Waals surface area contributed by atoms with E-state index in [9.17, 15) is 14.0 Å². The molecule has 1 unspecified atom stereocenters. The monoisotopic (exact) mass is 317 g/mol. The van der Waals surface area contributed by atoms with E-state index in [0.717, 1.165) is 11.8 Å². The minimum Gasteiger partial charge on any atom is -0.481 e. The number of rotatable bonds is 3. The minimum atomic E-state index is -0.947. The summed E-state index contributed by atoms with van der Waals surface area (Å²) in [5.74, 6) is -0.630. The molecule has 1 aliphatic heterocycles. The summed E-state index contributed by atoms with van der Waals surface area (Å²) in [5, 5.41) is 8.85. The molecule has 1 aliphatic rings. The number of amides is 1. The van der Waals surface area contributed by atoms with Crippen LogP contribution in [0.3, 0.4) is 0 Å². The zero-order chi connectivity index (χ0) is 14.7. The van der Waals surface area contributed by atoms with E-state index >= 15 is 0 Å². The van der Waals surface area contributed by atoms with Crippen LogP contribution in [-0.4, -0.2) is 46.0 Å². The van der Waals surface area contributed by atoms with E-state index < -0.39 is 11.8 Å². The molecule has 1 saturated heterocycles. The Morgan fingerprint density at radius 2 is 2.25 bits per heavy atom. The van der Waals surface area contributed by atoms with Crippen molar-refractivity contribution in [1.29, 1.82) is 0 Å². The number of carboxylic acid groups (broad SMARTS) is 1. The molecule has 1 aromatic rings. The van der Waals surface area contributed by atoms with Crippen molar-refractivity contribution in [2.75, 3.05) is 18.1 Å². The molecule has 20 heavy (non-hydrogen) atoms. The van der Waals surface area contributed by atoms with Crippen molar-refractivity contribution in [2.45, 2.75) is 12.5 Å². The zero-order valence-electron chi connectivity index (χ0n) is 10.5. The highest BCUT2D eigenvalue weighted by Crippen LogP contribution is 2.23. The van der Waals surface area contributed by atoms with Gasteiger partial charge in [-0.25, -0.2) is 4.39 Å². The van der Waals surface area contributed by atoms with Gasteiger partial charge in [-0.2, -0.15) is 11.8 Å². The van der Waals surface area contributed by atoms with E-state index in [4.69, 9.17) is 16.7 Å². The highest BCUT2D eigenvalue weighted by Gasteiger charge is 2.29. The number of carbonyl (C=O) groups excluding carboxylic acids is 1. The quantitative estimate of drug-likeness (QED) is 0.930. The fourth-order valence-electron chi connectivity index (χ4n) is 2.09. The molecule has 0 saturated carbocycles. The van der Waals surface area contributed by atoms with Crippen LogP contribution in [0.2, 0.25) is 5.02 Å². The van der Waals surface area contributed by atoms with Crippen LogP contribution in [0.25, 0.3) is 0 Å². The number of benzene rings is 1. The number of thioether (sulfide) groups is 1. The first-order valence-corrected chi connectivity index (χ1v) is 7.58. The van der Waals surface area contributed by atoms with Gasteiger partial charge in [0.25, 0.3) is 5.91 Å². The predicted molar refractivity (Wildman–Crippen MR) is 75.8 cm³/mol. The Labute approximate surface area is 124 Å². The molecule has 7 heteroatoms. The van der Waals surface area contributed by atoms with Gasteiger partial charge < -0.3 is 10.0 Å². The standard InChI is InChI=1S/C13H13ClFNO3S/c14-10-2-1-8(5-11(10)15)13(19)16-3-4-20-7-9(16)6-12(17)18/h1-2,5,9H,3-4,6-7H2,(H,17,18). The second kappa shape index (κ2) is 6.45. The number of carbonyl (C=O) groups is 2. The van der Waals surface area contributed by atoms with Crippen molar-refractivity contribution in [3.05, 3.63) is 34.6 Å². The average molecular weight is 318 g/mol. The van der Waals surface area contributed by atoms with Gasteiger partial charge in [0.05, 0.1) is 17.5 Å². The van der Waals surface area contributed by atoms with E-state index in [-0.39, 0.29) is 29.0 Å². The first kappa shape index (κ1) is 15.1. The highest BCUT2D eigenvalue weighted by atomic mass is 35.5. The smallest absolute Gasteiger partial charge is 0.305 e. The minimum absolute atomic E-state index is 0.0437. The van der Waals surface area contributed by atoms with Gasteiger partial charge in [-0.15, -0.1) is 0 Å². The molecule has 1 N–H and O–H groups in total. The first-order chi connectivity index (χ1) is 9.49. The molecular weight excluding hydrogens is 305 g/mol. The summed E-state index contributed by atoms with van der Waals surface area (Å²) in [6.45, 7) is 0.464. The molecule has 0 aliphatic carbocycles. The van der Waals surface area contributed by atoms with E-state index in [2.05, 4.69) is 0 Å². The number of aliphatic carboxylic acids is 1. The Morgan fingerprint density at radius 1 is 1.50 bits per heavy atom. The second-order valence-corrected chi connectivity index (χ2v) is 6.01. The first-order valence-electron chi connectivity index (χ1n) is 6.04. The third-order valence-electron chi connectivity index (χ3n) is 3.07. The second-order valence-electron chi connectivity index (χ2n) is 4.45. The van der Waals surface area contributed by atoms with Gasteiger partial charge >= 0.3 is 5.97 Å². The number of carboxylic acids is 1. The number of nitrogens with zero attached hydrogens (tertiary/aromatic N) is 1. The Hall–Kier alpha value is -1.27. The molecule has 4 nitrogen and oxygen atoms in total. The topological polar surface area (TPSA) is 57.6 Å². The van der Waals surface area contributed by atoms with Crippen LogP contribution >= 0.6 is 23.4 Å². The van der Waals surface area contributed by atoms with E-state index in [1.807, 2.05) is 0 Å². The van der Waals surface area contributed by atoms with Crippen LogP contribution in [0.4, 0.5) is 4.39 Å². The lowest BCUT2D eigenvalue weighted by molar-refractivity contribution is -0.138. The van der Waals surface area contributed by atoms with Crippen molar-refractivity contribution in [2.24, 2.45) is 0 Å². The summed E-state index contributed by atoms with van der Waals surface area (Å²) in [7, 11) is 0. The average Bonchev–Trinajstić information content (AvgIpc) is 2.41. The molecular formula is C13H13ClFNO3S. The summed E-state index contributed by atoms with van der Waals surface area (Å²) < 4.78 is 13.4. The summed E-state index contributed by atoms with van der Waals surface area (Å²) in [6.07, 6.45) is -0.102. The maximum atomic E-state index is 13.4. The normalized spacial score (nSPS) is 18.9. The van der Waals surface area contributed by atoms with Gasteiger partial charge in [0, 0.05) is 23.6 Å². The van der Waals surface area contributed by atoms with Crippen LogP contribution < -0.4 is 0 Å². The Bertz CT molecular complexity index is 540. The van der Waals surface area contributed by atoms with E-state index in [1.54, 1.807) is 11.8 Å². The molecule has 1 fully saturated rings. The third-order valence-corrected chi connectivity index (χ3v) is 4.46. The van der Waals surface area contributed by atoms with Gasteiger partial charge in [-0.1, -0.05) is 11.6 Å². The lowest BCUT2D eigenvalue weighted by Gasteiger charge is -2.34. The third kappa shape index (κ3) is 3.43. The van der Waals surface area contributed by atoms with Crippen LogP contribution in [0, 0.1) is 5.82 Å². The van der Waals surface area contributed by atoms with Crippen molar-refractivity contribution in [3.8, 4) is 0 Å². The number of halogens is 2. The van der Waals surface area contributed by atoms with Crippen molar-refractivity contribution in [3.63, 3.8) is 0 Å². The Kier molecular flexibility index (Phi) is 4.88. The Morgan fingerprint density at radius 3 is 2.90 bits per heavy atom. The highest BCUT2D eigenvalue weighted by molar-refractivity contribution is 7.99. The molecule has 1 atom stereocenters. The van der Waals surface area contributed by atoms with E-state index in [0.29, 0.717) is 12.3 Å². The molecule has 1 amide bonds. The van der Waals surface area contributed by atoms with Gasteiger partial charge in [0.15, 0.2) is 0 Å². The molecule has 1 aromatic carbocycles. The van der Waals surface area contributed by atoms with Gasteiger partial charge in [-0.3, -0.25) is 9.59 Å². The van der Waals surface area contributed by atoms with Crippen LogP contribution in [0.15, 0.2) is 18.2 Å². The lowest BCUT2D eigenvalue weighted by atomic mass is 10.1. The molecule has 2 rings (SSSR count). The predicted octanol–water partition coefficient (Wildman–Crippen LogP) is 2.51. The largest absolute Gasteiger partial charge is 0.481 e. The van der Waals surface area contributed by atoms with Gasteiger partial charge in [-0.05, 0) is 18.2 Å². The molecule has 0 bridgehead atoms. The molecule has 108 valence electrons. The molecule has 1 heterocycles. The summed E-state index contributed by atoms with van der Waals surface area (Å²) >= 11 is 7.20. The number of hydrogen-bond donors (Lipinski definition) is 1. The van der Waals surface area contributed by atoms with Gasteiger partial charge in [0.2, 0.25) is 0 Å². The lowest BCUT2D eigenvalue weighted by Crippen LogP contribution is -2.47. The van der Waals surface area contributed by atoms with Crippen LogP contribution in [-0.2, 0) is 4.79 Å². The summed E-state index contributed by atoms with van der Waals surface area (Å²) in [4.78, 5) is 24.7. The Balaban J connectivity index is 2.20. The fourth-order valence-corrected chi connectivity index (χ4v) is 3.27. The maximum absolute atomic E-state index is 13.4. The van der Waals surface area contributed by atoms with Crippen LogP contribution in [0.1, 0.15) is 16.8 Å². The number of hydrogen-bond acceptors (Lipinski definition) is 3. The zero-order valence-corrected chi connectivity index (χ0v) is 12.1. The summed E-state index contributed by atoms with van der Waals surface area (Å²) in [5.41, 5.74) is 0.189. The van der Waals surface area contributed by atoms with Crippen LogP contribution in [0.5, 0.6) is 0 Å². The molecule has 0 aromatic heterocycles. The SMILES string of the molecule is O=C(O)CC1CSCCN1C(=O)c1ccc(Cl)c(F)c1. The maximum Gasteiger partial charge on any atom is 0.305 e. The molecule has 0 spiro atoms. The van der Waals surface area contributed by atoms with Gasteiger partial charge in [0.1, 0.15) is 5.82 Å². The molecule has 0 radical (unpaired) electrons. The van der Waals surface area contributed by atoms with E-state index in [1.165, 1.54) is 17.0 Å². The van der Waals surface area contributed by atoms with Crippen molar-refractivity contribution >= 4 is 35.2 Å². The van der Waals surface area contributed by atoms with Crippen molar-refractivity contribution in [1.82, 2.24) is 4.90 Å². The fraction of sp³-hybridized carbons (Fsp3) is 0.385.